The summed E-state index contributed by atoms with van der Waals surface area (Å²) in [5.74, 6) is -1.73. The van der Waals surface area contributed by atoms with Gasteiger partial charge in [-0.3, -0.25) is 9.52 Å². The second kappa shape index (κ2) is 9.72. The van der Waals surface area contributed by atoms with Crippen molar-refractivity contribution < 1.29 is 22.0 Å². The number of anilines is 1. The van der Waals surface area contributed by atoms with E-state index in [-0.39, 0.29) is 27.7 Å². The molecule has 31 heavy (non-hydrogen) atoms. The number of para-hydroxylation sites is 1. The fourth-order valence-electron chi connectivity index (χ4n) is 2.60. The molecule has 3 aromatic rings. The number of hydrogen-bond donors (Lipinski definition) is 2. The highest BCUT2D eigenvalue weighted by molar-refractivity contribution is 7.92. The zero-order valence-electron chi connectivity index (χ0n) is 16.0. The predicted molar refractivity (Wildman–Crippen MR) is 116 cm³/mol. The smallest absolute Gasteiger partial charge is 0.261 e. The summed E-state index contributed by atoms with van der Waals surface area (Å²) in [6.45, 7) is -0.169. The Morgan fingerprint density at radius 3 is 2.42 bits per heavy atom. The van der Waals surface area contributed by atoms with Gasteiger partial charge in [-0.15, -0.1) is 0 Å². The Morgan fingerprint density at radius 1 is 1.00 bits per heavy atom. The molecule has 3 aromatic carbocycles. The Labute approximate surface area is 183 Å². The van der Waals surface area contributed by atoms with E-state index in [0.717, 1.165) is 18.2 Å². The number of carbonyl (C=O) groups is 1. The average molecular weight is 463 g/mol. The van der Waals surface area contributed by atoms with Crippen molar-refractivity contribution in [2.24, 2.45) is 0 Å². The first kappa shape index (κ1) is 22.5. The summed E-state index contributed by atoms with van der Waals surface area (Å²) in [5, 5.41) is 2.73. The van der Waals surface area contributed by atoms with Gasteiger partial charge in [-0.2, -0.15) is 0 Å². The zero-order chi connectivity index (χ0) is 22.4. The van der Waals surface area contributed by atoms with Crippen molar-refractivity contribution in [1.29, 1.82) is 0 Å². The minimum Gasteiger partial charge on any atom is -0.348 e. The van der Waals surface area contributed by atoms with E-state index in [4.69, 9.17) is 11.6 Å². The monoisotopic (exact) mass is 462 g/mol. The molecule has 5 nitrogen and oxygen atoms in total. The summed E-state index contributed by atoms with van der Waals surface area (Å²) in [6.07, 6.45) is 2.68. The first-order valence-electron chi connectivity index (χ1n) is 9.02. The van der Waals surface area contributed by atoms with Crippen LogP contribution in [0.3, 0.4) is 0 Å². The van der Waals surface area contributed by atoms with Crippen LogP contribution in [-0.4, -0.2) is 14.3 Å². The molecule has 0 fully saturated rings. The number of halogens is 3. The summed E-state index contributed by atoms with van der Waals surface area (Å²) in [5.41, 5.74) is 0.866. The van der Waals surface area contributed by atoms with Gasteiger partial charge in [0.1, 0.15) is 11.6 Å². The maximum absolute atomic E-state index is 13.6. The summed E-state index contributed by atoms with van der Waals surface area (Å²) in [4.78, 5) is 11.9. The Balaban J connectivity index is 1.62. The fourth-order valence-corrected chi connectivity index (χ4v) is 3.92. The summed E-state index contributed by atoms with van der Waals surface area (Å²) < 4.78 is 54.1. The molecule has 2 N–H and O–H groups in total. The normalized spacial score (nSPS) is 11.5. The number of carbonyl (C=O) groups excluding carboxylic acids is 1. The van der Waals surface area contributed by atoms with Crippen molar-refractivity contribution in [2.75, 3.05) is 4.72 Å². The predicted octanol–water partition coefficient (Wildman–Crippen LogP) is 4.75. The second-order valence-corrected chi connectivity index (χ2v) is 8.53. The van der Waals surface area contributed by atoms with Crippen molar-refractivity contribution in [3.8, 4) is 0 Å². The molecule has 160 valence electrons. The van der Waals surface area contributed by atoms with Gasteiger partial charge < -0.3 is 5.32 Å². The van der Waals surface area contributed by atoms with Crippen LogP contribution in [0.25, 0.3) is 6.08 Å². The molecule has 0 aliphatic carbocycles. The van der Waals surface area contributed by atoms with Crippen LogP contribution in [-0.2, 0) is 21.4 Å². The molecule has 0 aliphatic rings. The van der Waals surface area contributed by atoms with Crippen LogP contribution in [0.15, 0.2) is 77.7 Å². The van der Waals surface area contributed by atoms with Crippen LogP contribution in [0, 0.1) is 11.6 Å². The van der Waals surface area contributed by atoms with Gasteiger partial charge >= 0.3 is 0 Å². The van der Waals surface area contributed by atoms with E-state index >= 15 is 0 Å². The third-order valence-electron chi connectivity index (χ3n) is 4.20. The van der Waals surface area contributed by atoms with Crippen LogP contribution in [0.5, 0.6) is 0 Å². The quantitative estimate of drug-likeness (QED) is 0.497. The highest BCUT2D eigenvalue weighted by Crippen LogP contribution is 2.24. The molecule has 0 radical (unpaired) electrons. The van der Waals surface area contributed by atoms with Gasteiger partial charge in [0.2, 0.25) is 5.91 Å². The van der Waals surface area contributed by atoms with Crippen molar-refractivity contribution in [2.45, 2.75) is 11.4 Å². The van der Waals surface area contributed by atoms with Crippen molar-refractivity contribution in [3.63, 3.8) is 0 Å². The van der Waals surface area contributed by atoms with E-state index in [1.807, 2.05) is 0 Å². The Kier molecular flexibility index (Phi) is 7.04. The molecular formula is C22H17ClF2N2O3S. The molecule has 0 heterocycles. The van der Waals surface area contributed by atoms with E-state index in [1.165, 1.54) is 36.4 Å². The van der Waals surface area contributed by atoms with E-state index in [0.29, 0.717) is 5.56 Å². The summed E-state index contributed by atoms with van der Waals surface area (Å²) in [7, 11) is -3.83. The van der Waals surface area contributed by atoms with Crippen LogP contribution < -0.4 is 10.0 Å². The maximum Gasteiger partial charge on any atom is 0.261 e. The van der Waals surface area contributed by atoms with Gasteiger partial charge in [-0.1, -0.05) is 35.9 Å². The summed E-state index contributed by atoms with van der Waals surface area (Å²) in [6, 6.07) is 15.3. The van der Waals surface area contributed by atoms with Gasteiger partial charge in [0.05, 0.1) is 15.6 Å². The Hall–Kier alpha value is -3.23. The average Bonchev–Trinajstić information content (AvgIpc) is 2.74. The van der Waals surface area contributed by atoms with E-state index in [9.17, 15) is 22.0 Å². The number of sulfonamides is 1. The van der Waals surface area contributed by atoms with Crippen molar-refractivity contribution in [3.05, 3.63) is 101 Å². The lowest BCUT2D eigenvalue weighted by atomic mass is 10.2. The first-order valence-corrected chi connectivity index (χ1v) is 10.9. The fraction of sp³-hybridized carbons (Fsp3) is 0.0455. The van der Waals surface area contributed by atoms with Gasteiger partial charge in [0.15, 0.2) is 0 Å². The number of hydrogen-bond acceptors (Lipinski definition) is 3. The molecule has 0 atom stereocenters. The molecular weight excluding hydrogens is 446 g/mol. The molecule has 9 heteroatoms. The van der Waals surface area contributed by atoms with Crippen LogP contribution >= 0.6 is 11.6 Å². The van der Waals surface area contributed by atoms with E-state index in [2.05, 4.69) is 10.0 Å². The highest BCUT2D eigenvalue weighted by Gasteiger charge is 2.15. The highest BCUT2D eigenvalue weighted by atomic mass is 35.5. The second-order valence-electron chi connectivity index (χ2n) is 6.44. The van der Waals surface area contributed by atoms with Crippen molar-refractivity contribution >= 4 is 39.3 Å². The molecule has 0 bridgehead atoms. The van der Waals surface area contributed by atoms with E-state index in [1.54, 1.807) is 24.3 Å². The Bertz CT molecular complexity index is 1230. The van der Waals surface area contributed by atoms with Gasteiger partial charge in [-0.05, 0) is 54.1 Å². The van der Waals surface area contributed by atoms with Gasteiger partial charge in [-0.25, -0.2) is 17.2 Å². The minimum absolute atomic E-state index is 0.0237. The number of amides is 1. The first-order chi connectivity index (χ1) is 14.7. The van der Waals surface area contributed by atoms with Crippen LogP contribution in [0.2, 0.25) is 5.02 Å². The molecule has 0 unspecified atom stereocenters. The molecule has 3 rings (SSSR count). The SMILES string of the molecule is O=C(/C=C/c1ccc(S(=O)(=O)Nc2ccccc2Cl)cc1)NCc1cc(F)ccc1F. The lowest BCUT2D eigenvalue weighted by Gasteiger charge is -2.09. The van der Waals surface area contributed by atoms with Crippen molar-refractivity contribution in [1.82, 2.24) is 5.32 Å². The topological polar surface area (TPSA) is 75.3 Å². The van der Waals surface area contributed by atoms with Crippen LogP contribution in [0.4, 0.5) is 14.5 Å². The lowest BCUT2D eigenvalue weighted by molar-refractivity contribution is -0.116. The number of rotatable bonds is 7. The molecule has 0 spiro atoms. The number of nitrogens with one attached hydrogen (secondary N) is 2. The summed E-state index contributed by atoms with van der Waals surface area (Å²) >= 11 is 5.98. The van der Waals surface area contributed by atoms with E-state index < -0.39 is 27.6 Å². The van der Waals surface area contributed by atoms with Gasteiger partial charge in [0.25, 0.3) is 10.0 Å². The largest absolute Gasteiger partial charge is 0.348 e. The van der Waals surface area contributed by atoms with Crippen LogP contribution in [0.1, 0.15) is 11.1 Å². The number of benzene rings is 3. The maximum atomic E-state index is 13.6. The molecule has 1 amide bonds. The molecule has 0 saturated heterocycles. The zero-order valence-corrected chi connectivity index (χ0v) is 17.6. The third-order valence-corrected chi connectivity index (χ3v) is 5.91. The minimum atomic E-state index is -3.83. The Morgan fingerprint density at radius 2 is 1.71 bits per heavy atom. The molecule has 0 saturated carbocycles. The lowest BCUT2D eigenvalue weighted by Crippen LogP contribution is -2.21. The standard InChI is InChI=1S/C22H17ClF2N2O3S/c23-19-3-1-2-4-21(19)27-31(29,30)18-9-5-15(6-10-18)7-12-22(28)26-14-16-13-17(24)8-11-20(16)25/h1-13,27H,14H2,(H,26,28)/b12-7+. The molecule has 0 aliphatic heterocycles. The van der Waals surface area contributed by atoms with Gasteiger partial charge in [0, 0.05) is 18.2 Å². The molecule has 0 aromatic heterocycles. The third kappa shape index (κ3) is 6.13.